The second-order valence-electron chi connectivity index (χ2n) is 5.13. The number of hydrogen-bond acceptors (Lipinski definition) is 4. The average Bonchev–Trinajstić information content (AvgIpc) is 2.95. The summed E-state index contributed by atoms with van der Waals surface area (Å²) >= 11 is 0. The fourth-order valence-corrected chi connectivity index (χ4v) is 2.52. The van der Waals surface area contributed by atoms with Gasteiger partial charge in [-0.2, -0.15) is 0 Å². The van der Waals surface area contributed by atoms with E-state index in [1.807, 2.05) is 13.8 Å². The van der Waals surface area contributed by atoms with Gasteiger partial charge in [0.15, 0.2) is 0 Å². The summed E-state index contributed by atoms with van der Waals surface area (Å²) in [5, 5.41) is 7.26. The molecule has 0 saturated carbocycles. The quantitative estimate of drug-likeness (QED) is 0.932. The highest BCUT2D eigenvalue weighted by Crippen LogP contribution is 2.29. The van der Waals surface area contributed by atoms with E-state index < -0.39 is 0 Å². The van der Waals surface area contributed by atoms with Crippen LogP contribution in [-0.4, -0.2) is 17.8 Å². The number of nitrogens with one attached hydrogen (secondary N) is 1. The summed E-state index contributed by atoms with van der Waals surface area (Å²) in [4.78, 5) is 0. The van der Waals surface area contributed by atoms with E-state index in [1.165, 1.54) is 6.07 Å². The molecule has 1 aromatic carbocycles. The predicted octanol–water partition coefficient (Wildman–Crippen LogP) is 2.52. The number of hydrogen-bond donors (Lipinski definition) is 1. The molecule has 0 fully saturated rings. The van der Waals surface area contributed by atoms with Gasteiger partial charge in [-0.15, -0.1) is 0 Å². The van der Waals surface area contributed by atoms with Crippen LogP contribution in [0.3, 0.4) is 0 Å². The Labute approximate surface area is 116 Å². The van der Waals surface area contributed by atoms with E-state index in [2.05, 4.69) is 10.5 Å². The highest BCUT2D eigenvalue weighted by atomic mass is 19.1. The van der Waals surface area contributed by atoms with Crippen molar-refractivity contribution in [2.75, 3.05) is 6.54 Å². The highest BCUT2D eigenvalue weighted by molar-refractivity contribution is 5.38. The molecule has 5 heteroatoms. The van der Waals surface area contributed by atoms with Crippen LogP contribution in [0.5, 0.6) is 5.75 Å². The number of aromatic nitrogens is 1. The van der Waals surface area contributed by atoms with Crippen LogP contribution < -0.4 is 10.1 Å². The molecule has 0 spiro atoms. The number of fused-ring (bicyclic) bond motifs is 1. The van der Waals surface area contributed by atoms with E-state index in [4.69, 9.17) is 9.26 Å². The van der Waals surface area contributed by atoms with Crippen molar-refractivity contribution in [2.45, 2.75) is 32.9 Å². The zero-order valence-corrected chi connectivity index (χ0v) is 11.6. The SMILES string of the molecule is Cc1noc(C)c1CNCC1Cc2cc(F)ccc2O1. The van der Waals surface area contributed by atoms with Crippen molar-refractivity contribution in [2.24, 2.45) is 0 Å². The van der Waals surface area contributed by atoms with Crippen molar-refractivity contribution >= 4 is 0 Å². The molecule has 20 heavy (non-hydrogen) atoms. The van der Waals surface area contributed by atoms with Crippen molar-refractivity contribution < 1.29 is 13.7 Å². The van der Waals surface area contributed by atoms with E-state index in [-0.39, 0.29) is 11.9 Å². The first-order valence-corrected chi connectivity index (χ1v) is 6.71. The Morgan fingerprint density at radius 2 is 2.25 bits per heavy atom. The second kappa shape index (κ2) is 5.25. The fraction of sp³-hybridized carbons (Fsp3) is 0.400. The van der Waals surface area contributed by atoms with Crippen molar-refractivity contribution in [1.29, 1.82) is 0 Å². The third-order valence-corrected chi connectivity index (χ3v) is 3.62. The molecule has 1 aliphatic heterocycles. The molecule has 0 radical (unpaired) electrons. The van der Waals surface area contributed by atoms with Crippen molar-refractivity contribution in [3.05, 3.63) is 46.6 Å². The summed E-state index contributed by atoms with van der Waals surface area (Å²) in [5.41, 5.74) is 2.94. The molecule has 1 N–H and O–H groups in total. The number of aryl methyl sites for hydroxylation is 2. The maximum Gasteiger partial charge on any atom is 0.138 e. The molecule has 0 saturated heterocycles. The van der Waals surface area contributed by atoms with Crippen LogP contribution in [0.15, 0.2) is 22.7 Å². The van der Waals surface area contributed by atoms with Gasteiger partial charge in [0.25, 0.3) is 0 Å². The summed E-state index contributed by atoms with van der Waals surface area (Å²) in [5.74, 6) is 1.42. The van der Waals surface area contributed by atoms with E-state index in [1.54, 1.807) is 12.1 Å². The minimum absolute atomic E-state index is 0.0484. The highest BCUT2D eigenvalue weighted by Gasteiger charge is 2.23. The number of benzene rings is 1. The lowest BCUT2D eigenvalue weighted by Crippen LogP contribution is -2.29. The third kappa shape index (κ3) is 2.54. The Balaban J connectivity index is 1.54. The first kappa shape index (κ1) is 13.1. The van der Waals surface area contributed by atoms with Crippen LogP contribution in [0.2, 0.25) is 0 Å². The molecule has 4 nitrogen and oxygen atoms in total. The van der Waals surface area contributed by atoms with E-state index in [0.29, 0.717) is 13.1 Å². The van der Waals surface area contributed by atoms with Gasteiger partial charge in [0.2, 0.25) is 0 Å². The molecule has 1 unspecified atom stereocenters. The maximum absolute atomic E-state index is 13.1. The van der Waals surface area contributed by atoms with Gasteiger partial charge in [0, 0.05) is 30.6 Å². The Morgan fingerprint density at radius 1 is 1.40 bits per heavy atom. The molecule has 0 bridgehead atoms. The van der Waals surface area contributed by atoms with Crippen LogP contribution in [0, 0.1) is 19.7 Å². The Bertz CT molecular complexity index is 605. The first-order valence-electron chi connectivity index (χ1n) is 6.71. The molecule has 1 aromatic heterocycles. The molecular formula is C15H17FN2O2. The normalized spacial score (nSPS) is 17.1. The Morgan fingerprint density at radius 3 is 3.00 bits per heavy atom. The Hall–Kier alpha value is -1.88. The lowest BCUT2D eigenvalue weighted by molar-refractivity contribution is 0.227. The number of rotatable bonds is 4. The summed E-state index contributed by atoms with van der Waals surface area (Å²) < 4.78 is 24.0. The summed E-state index contributed by atoms with van der Waals surface area (Å²) in [6.07, 6.45) is 0.786. The molecule has 1 aliphatic rings. The van der Waals surface area contributed by atoms with Gasteiger partial charge >= 0.3 is 0 Å². The maximum atomic E-state index is 13.1. The second-order valence-corrected chi connectivity index (χ2v) is 5.13. The molecular weight excluding hydrogens is 259 g/mol. The number of halogens is 1. The van der Waals surface area contributed by atoms with Gasteiger partial charge in [-0.3, -0.25) is 0 Å². The number of nitrogens with zero attached hydrogens (tertiary/aromatic N) is 1. The molecule has 1 atom stereocenters. The fourth-order valence-electron chi connectivity index (χ4n) is 2.52. The van der Waals surface area contributed by atoms with Crippen LogP contribution in [0.1, 0.15) is 22.6 Å². The van der Waals surface area contributed by atoms with Gasteiger partial charge in [-0.1, -0.05) is 5.16 Å². The summed E-state index contributed by atoms with van der Waals surface area (Å²) in [6, 6.07) is 4.67. The van der Waals surface area contributed by atoms with E-state index in [0.717, 1.165) is 34.8 Å². The van der Waals surface area contributed by atoms with Crippen LogP contribution in [0.25, 0.3) is 0 Å². The standard InChI is InChI=1S/C15H17FN2O2/c1-9-14(10(2)20-18-9)8-17-7-13-6-11-5-12(16)3-4-15(11)19-13/h3-5,13,17H,6-8H2,1-2H3. The monoisotopic (exact) mass is 276 g/mol. The lowest BCUT2D eigenvalue weighted by Gasteiger charge is -2.11. The summed E-state index contributed by atoms with van der Waals surface area (Å²) in [7, 11) is 0. The molecule has 0 amide bonds. The molecule has 3 rings (SSSR count). The molecule has 2 heterocycles. The zero-order valence-electron chi connectivity index (χ0n) is 11.6. The predicted molar refractivity (Wildman–Crippen MR) is 72.2 cm³/mol. The van der Waals surface area contributed by atoms with Crippen LogP contribution >= 0.6 is 0 Å². The zero-order chi connectivity index (χ0) is 14.1. The third-order valence-electron chi connectivity index (χ3n) is 3.62. The van der Waals surface area contributed by atoms with E-state index >= 15 is 0 Å². The molecule has 2 aromatic rings. The van der Waals surface area contributed by atoms with Crippen molar-refractivity contribution in [3.8, 4) is 5.75 Å². The van der Waals surface area contributed by atoms with Crippen molar-refractivity contribution in [3.63, 3.8) is 0 Å². The van der Waals surface area contributed by atoms with Gasteiger partial charge in [0.05, 0.1) is 5.69 Å². The van der Waals surface area contributed by atoms with Gasteiger partial charge < -0.3 is 14.6 Å². The minimum Gasteiger partial charge on any atom is -0.488 e. The smallest absolute Gasteiger partial charge is 0.138 e. The van der Waals surface area contributed by atoms with Gasteiger partial charge in [0.1, 0.15) is 23.4 Å². The molecule has 0 aliphatic carbocycles. The topological polar surface area (TPSA) is 47.3 Å². The van der Waals surface area contributed by atoms with Gasteiger partial charge in [-0.05, 0) is 32.0 Å². The number of ether oxygens (including phenoxy) is 1. The van der Waals surface area contributed by atoms with Gasteiger partial charge in [-0.25, -0.2) is 4.39 Å². The van der Waals surface area contributed by atoms with Crippen LogP contribution in [-0.2, 0) is 13.0 Å². The molecule has 106 valence electrons. The minimum atomic E-state index is -0.211. The Kier molecular flexibility index (Phi) is 3.44. The summed E-state index contributed by atoms with van der Waals surface area (Å²) in [6.45, 7) is 5.24. The van der Waals surface area contributed by atoms with E-state index in [9.17, 15) is 4.39 Å². The first-order chi connectivity index (χ1) is 9.63. The lowest BCUT2D eigenvalue weighted by atomic mass is 10.1. The average molecular weight is 276 g/mol. The van der Waals surface area contributed by atoms with Crippen LogP contribution in [0.4, 0.5) is 4.39 Å². The van der Waals surface area contributed by atoms with Crippen molar-refractivity contribution in [1.82, 2.24) is 10.5 Å². The largest absolute Gasteiger partial charge is 0.488 e.